The lowest BCUT2D eigenvalue weighted by Gasteiger charge is -2.17. The summed E-state index contributed by atoms with van der Waals surface area (Å²) in [4.78, 5) is 22.4. The molecule has 0 aliphatic heterocycles. The maximum absolute atomic E-state index is 13.0. The van der Waals surface area contributed by atoms with Crippen molar-refractivity contribution < 1.29 is 14.3 Å². The Kier molecular flexibility index (Phi) is 5.54. The Labute approximate surface area is 191 Å². The maximum atomic E-state index is 13.0. The third kappa shape index (κ3) is 3.39. The zero-order valence-electron chi connectivity index (χ0n) is 19.6. The third-order valence-corrected chi connectivity index (χ3v) is 5.73. The number of methoxy groups -OCH3 is 2. The first-order valence-corrected chi connectivity index (χ1v) is 10.4. The lowest BCUT2D eigenvalue weighted by atomic mass is 10.1. The molecule has 0 saturated carbocycles. The standard InChI is InChI=1S/C23H27N7O3/c1-11-7-8-16(32-5)12(2)20(11)30-21(25)18(23(31)33-6)17-19(26-13(3)27-22(17)30)14-10-29(4)28-15(14)9-24/h7-8,10H,9,24-25H2,1-6H3. The minimum Gasteiger partial charge on any atom is -0.496 e. The van der Waals surface area contributed by atoms with Crippen molar-refractivity contribution in [1.29, 1.82) is 0 Å². The lowest BCUT2D eigenvalue weighted by molar-refractivity contribution is 0.0604. The summed E-state index contributed by atoms with van der Waals surface area (Å²) in [6.45, 7) is 5.90. The summed E-state index contributed by atoms with van der Waals surface area (Å²) in [6, 6.07) is 3.83. The Hall–Kier alpha value is -3.92. The van der Waals surface area contributed by atoms with E-state index in [1.54, 1.807) is 30.3 Å². The molecule has 10 nitrogen and oxygen atoms in total. The lowest BCUT2D eigenvalue weighted by Crippen LogP contribution is -2.09. The van der Waals surface area contributed by atoms with Gasteiger partial charge < -0.3 is 20.9 Å². The van der Waals surface area contributed by atoms with Crippen molar-refractivity contribution in [1.82, 2.24) is 24.3 Å². The summed E-state index contributed by atoms with van der Waals surface area (Å²) in [5, 5.41) is 4.92. The highest BCUT2D eigenvalue weighted by atomic mass is 16.5. The van der Waals surface area contributed by atoms with E-state index in [0.717, 1.165) is 16.8 Å². The van der Waals surface area contributed by atoms with Gasteiger partial charge in [0.1, 0.15) is 23.0 Å². The van der Waals surface area contributed by atoms with Crippen LogP contribution in [0.1, 0.15) is 33.0 Å². The number of benzene rings is 1. The molecule has 0 amide bonds. The fourth-order valence-electron chi connectivity index (χ4n) is 4.30. The largest absolute Gasteiger partial charge is 0.496 e. The van der Waals surface area contributed by atoms with E-state index in [9.17, 15) is 4.79 Å². The van der Waals surface area contributed by atoms with Crippen molar-refractivity contribution in [3.63, 3.8) is 0 Å². The number of nitrogens with zero attached hydrogens (tertiary/aromatic N) is 5. The van der Waals surface area contributed by atoms with Gasteiger partial charge in [-0.2, -0.15) is 5.10 Å². The Balaban J connectivity index is 2.22. The van der Waals surface area contributed by atoms with Crippen LogP contribution in [0.4, 0.5) is 5.82 Å². The Morgan fingerprint density at radius 1 is 1.15 bits per heavy atom. The molecular weight excluding hydrogens is 422 g/mol. The van der Waals surface area contributed by atoms with Crippen LogP contribution in [0.15, 0.2) is 18.3 Å². The molecule has 4 N–H and O–H groups in total. The molecule has 4 rings (SSSR count). The number of aryl methyl sites for hydroxylation is 3. The van der Waals surface area contributed by atoms with Gasteiger partial charge in [-0.25, -0.2) is 14.8 Å². The van der Waals surface area contributed by atoms with Gasteiger partial charge in [-0.05, 0) is 32.4 Å². The zero-order valence-corrected chi connectivity index (χ0v) is 19.6. The molecule has 0 atom stereocenters. The molecule has 4 aromatic rings. The number of hydrogen-bond donors (Lipinski definition) is 2. The van der Waals surface area contributed by atoms with Crippen LogP contribution < -0.4 is 16.2 Å². The molecule has 10 heteroatoms. The van der Waals surface area contributed by atoms with Crippen LogP contribution in [0.5, 0.6) is 5.75 Å². The van der Waals surface area contributed by atoms with Gasteiger partial charge >= 0.3 is 5.97 Å². The number of fused-ring (bicyclic) bond motifs is 1. The number of nitrogens with two attached hydrogens (primary N) is 2. The number of nitrogen functional groups attached to an aromatic ring is 1. The molecule has 0 aliphatic rings. The third-order valence-electron chi connectivity index (χ3n) is 5.73. The molecule has 0 unspecified atom stereocenters. The first-order valence-electron chi connectivity index (χ1n) is 10.4. The van der Waals surface area contributed by atoms with Gasteiger partial charge in [0, 0.05) is 30.9 Å². The SMILES string of the molecule is COC(=O)c1c(N)n(-c2c(C)ccc(OC)c2C)c2nc(C)nc(-c3cn(C)nc3CN)c12. The highest BCUT2D eigenvalue weighted by molar-refractivity contribution is 6.13. The summed E-state index contributed by atoms with van der Waals surface area (Å²) in [7, 11) is 4.73. The van der Waals surface area contributed by atoms with Gasteiger partial charge in [0.2, 0.25) is 0 Å². The van der Waals surface area contributed by atoms with Gasteiger partial charge in [0.05, 0.1) is 36.7 Å². The number of ether oxygens (including phenoxy) is 2. The maximum Gasteiger partial charge on any atom is 0.342 e. The van der Waals surface area contributed by atoms with Gasteiger partial charge in [-0.15, -0.1) is 0 Å². The first kappa shape index (κ1) is 22.3. The molecule has 172 valence electrons. The topological polar surface area (TPSA) is 136 Å². The van der Waals surface area contributed by atoms with E-state index in [2.05, 4.69) is 10.1 Å². The predicted molar refractivity (Wildman–Crippen MR) is 125 cm³/mol. The molecule has 3 heterocycles. The molecule has 33 heavy (non-hydrogen) atoms. The van der Waals surface area contributed by atoms with E-state index in [4.69, 9.17) is 25.9 Å². The van der Waals surface area contributed by atoms with Crippen LogP contribution in [0.25, 0.3) is 28.0 Å². The van der Waals surface area contributed by atoms with Crippen molar-refractivity contribution in [3.8, 4) is 22.7 Å². The second-order valence-electron chi connectivity index (χ2n) is 7.83. The van der Waals surface area contributed by atoms with Crippen molar-refractivity contribution in [2.45, 2.75) is 27.3 Å². The van der Waals surface area contributed by atoms with E-state index in [0.29, 0.717) is 39.6 Å². The number of esters is 1. The Morgan fingerprint density at radius 2 is 1.88 bits per heavy atom. The number of aromatic nitrogens is 5. The van der Waals surface area contributed by atoms with E-state index in [1.807, 2.05) is 32.2 Å². The smallest absolute Gasteiger partial charge is 0.342 e. The molecule has 0 spiro atoms. The number of carbonyl (C=O) groups excluding carboxylic acids is 1. The summed E-state index contributed by atoms with van der Waals surface area (Å²) in [5.41, 5.74) is 17.7. The average molecular weight is 450 g/mol. The Morgan fingerprint density at radius 3 is 2.52 bits per heavy atom. The number of anilines is 1. The molecule has 0 radical (unpaired) electrons. The average Bonchev–Trinajstić information content (AvgIpc) is 3.30. The van der Waals surface area contributed by atoms with Crippen LogP contribution in [0, 0.1) is 20.8 Å². The minimum atomic E-state index is -0.582. The number of rotatable bonds is 5. The molecule has 1 aromatic carbocycles. The van der Waals surface area contributed by atoms with Gasteiger partial charge in [0.25, 0.3) is 0 Å². The highest BCUT2D eigenvalue weighted by Gasteiger charge is 2.30. The zero-order chi connectivity index (χ0) is 24.0. The molecule has 3 aromatic heterocycles. The second kappa shape index (κ2) is 8.21. The molecule has 0 fully saturated rings. The monoisotopic (exact) mass is 449 g/mol. The van der Waals surface area contributed by atoms with Crippen molar-refractivity contribution >= 4 is 22.8 Å². The highest BCUT2D eigenvalue weighted by Crippen LogP contribution is 2.40. The van der Waals surface area contributed by atoms with Gasteiger partial charge in [0.15, 0.2) is 5.65 Å². The predicted octanol–water partition coefficient (Wildman–Crippen LogP) is 2.58. The fraction of sp³-hybridized carbons (Fsp3) is 0.304. The van der Waals surface area contributed by atoms with Crippen molar-refractivity contribution in [2.75, 3.05) is 20.0 Å². The Bertz CT molecular complexity index is 1400. The fourth-order valence-corrected chi connectivity index (χ4v) is 4.30. The van der Waals surface area contributed by atoms with Crippen LogP contribution in [-0.2, 0) is 18.3 Å². The normalized spacial score (nSPS) is 11.2. The van der Waals surface area contributed by atoms with Crippen LogP contribution in [0.2, 0.25) is 0 Å². The second-order valence-corrected chi connectivity index (χ2v) is 7.83. The van der Waals surface area contributed by atoms with Crippen LogP contribution >= 0.6 is 0 Å². The number of carbonyl (C=O) groups is 1. The molecule has 0 saturated heterocycles. The van der Waals surface area contributed by atoms with E-state index in [-0.39, 0.29) is 17.9 Å². The van der Waals surface area contributed by atoms with Crippen LogP contribution in [-0.4, -0.2) is 44.5 Å². The molecule has 0 bridgehead atoms. The molecular formula is C23H27N7O3. The van der Waals surface area contributed by atoms with Crippen LogP contribution in [0.3, 0.4) is 0 Å². The molecule has 0 aliphatic carbocycles. The van der Waals surface area contributed by atoms with E-state index < -0.39 is 5.97 Å². The van der Waals surface area contributed by atoms with Gasteiger partial charge in [-0.3, -0.25) is 9.25 Å². The number of hydrogen-bond acceptors (Lipinski definition) is 8. The summed E-state index contributed by atoms with van der Waals surface area (Å²) in [5.74, 6) is 0.829. The minimum absolute atomic E-state index is 0.191. The summed E-state index contributed by atoms with van der Waals surface area (Å²) in [6.07, 6.45) is 1.82. The van der Waals surface area contributed by atoms with Crippen molar-refractivity contribution in [3.05, 3.63) is 46.5 Å². The van der Waals surface area contributed by atoms with Crippen molar-refractivity contribution in [2.24, 2.45) is 12.8 Å². The van der Waals surface area contributed by atoms with E-state index >= 15 is 0 Å². The summed E-state index contributed by atoms with van der Waals surface area (Å²) >= 11 is 0. The van der Waals surface area contributed by atoms with E-state index in [1.165, 1.54) is 7.11 Å². The quantitative estimate of drug-likeness (QED) is 0.444. The summed E-state index contributed by atoms with van der Waals surface area (Å²) < 4.78 is 14.1. The first-order chi connectivity index (χ1) is 15.7. The van der Waals surface area contributed by atoms with Gasteiger partial charge in [-0.1, -0.05) is 6.07 Å².